The van der Waals surface area contributed by atoms with Gasteiger partial charge in [0.25, 0.3) is 0 Å². The van der Waals surface area contributed by atoms with Crippen molar-refractivity contribution in [1.29, 1.82) is 0 Å². The summed E-state index contributed by atoms with van der Waals surface area (Å²) in [5, 5.41) is 0. The maximum atomic E-state index is 2.43. The lowest BCUT2D eigenvalue weighted by atomic mass is 9.74. The van der Waals surface area contributed by atoms with Crippen LogP contribution in [0, 0.1) is 0 Å². The van der Waals surface area contributed by atoms with E-state index in [0.29, 0.717) is 5.41 Å². The Balaban J connectivity index is 2.67. The Hall–Kier alpha value is -0.980. The Labute approximate surface area is 106 Å². The second kappa shape index (κ2) is 3.76. The van der Waals surface area contributed by atoms with Gasteiger partial charge in [-0.3, -0.25) is 0 Å². The van der Waals surface area contributed by atoms with Crippen molar-refractivity contribution < 1.29 is 0 Å². The monoisotopic (exact) mass is 231 g/mol. The van der Waals surface area contributed by atoms with Crippen LogP contribution in [0.15, 0.2) is 18.2 Å². The van der Waals surface area contributed by atoms with Crippen LogP contribution in [0.1, 0.15) is 52.2 Å². The molecule has 0 saturated heterocycles. The Morgan fingerprint density at radius 2 is 1.82 bits per heavy atom. The lowest BCUT2D eigenvalue weighted by Gasteiger charge is -2.41. The molecule has 1 aromatic rings. The number of anilines is 1. The minimum absolute atomic E-state index is 0.215. The normalized spacial score (nSPS) is 19.1. The molecule has 17 heavy (non-hydrogen) atoms. The second-order valence-electron chi connectivity index (χ2n) is 7.01. The quantitative estimate of drug-likeness (QED) is 0.649. The molecule has 0 aliphatic carbocycles. The van der Waals surface area contributed by atoms with Crippen molar-refractivity contribution >= 4 is 5.69 Å². The summed E-state index contributed by atoms with van der Waals surface area (Å²) in [5.41, 5.74) is 4.98. The van der Waals surface area contributed by atoms with Crippen molar-refractivity contribution in [3.05, 3.63) is 29.3 Å². The molecule has 0 aromatic heterocycles. The Morgan fingerprint density at radius 3 is 2.41 bits per heavy atom. The van der Waals surface area contributed by atoms with E-state index in [0.717, 1.165) is 6.54 Å². The van der Waals surface area contributed by atoms with E-state index in [4.69, 9.17) is 0 Å². The zero-order chi connectivity index (χ0) is 12.8. The minimum atomic E-state index is 0.215. The molecule has 0 radical (unpaired) electrons. The standard InChI is InChI=1S/C16H25N/c1-15(2,3)12-8-7-9-13-14(12)17(6)11-10-16(13,4)5/h7-9H,10-11H2,1-6H3. The first-order chi connectivity index (χ1) is 7.73. The number of hydrogen-bond acceptors (Lipinski definition) is 1. The summed E-state index contributed by atoms with van der Waals surface area (Å²) in [7, 11) is 2.23. The van der Waals surface area contributed by atoms with Crippen molar-refractivity contribution in [3.63, 3.8) is 0 Å². The fourth-order valence-corrected chi connectivity index (χ4v) is 2.80. The summed E-state index contributed by atoms with van der Waals surface area (Å²) in [5.74, 6) is 0. The van der Waals surface area contributed by atoms with Gasteiger partial charge in [0.15, 0.2) is 0 Å². The van der Waals surface area contributed by atoms with Gasteiger partial charge in [0.1, 0.15) is 0 Å². The van der Waals surface area contributed by atoms with E-state index < -0.39 is 0 Å². The van der Waals surface area contributed by atoms with Gasteiger partial charge in [-0.15, -0.1) is 0 Å². The van der Waals surface area contributed by atoms with Crippen molar-refractivity contribution in [2.24, 2.45) is 0 Å². The average Bonchev–Trinajstić information content (AvgIpc) is 2.22. The third kappa shape index (κ3) is 2.08. The molecule has 1 heteroatoms. The van der Waals surface area contributed by atoms with E-state index in [2.05, 4.69) is 64.8 Å². The molecular weight excluding hydrogens is 206 g/mol. The van der Waals surface area contributed by atoms with Crippen LogP contribution in [0.2, 0.25) is 0 Å². The number of nitrogens with zero attached hydrogens (tertiary/aromatic N) is 1. The predicted molar refractivity (Wildman–Crippen MR) is 76.1 cm³/mol. The molecule has 0 atom stereocenters. The highest BCUT2D eigenvalue weighted by Gasteiger charge is 2.33. The molecule has 0 unspecified atom stereocenters. The Bertz CT molecular complexity index is 409. The number of fused-ring (bicyclic) bond motifs is 1. The van der Waals surface area contributed by atoms with Gasteiger partial charge >= 0.3 is 0 Å². The molecule has 1 aliphatic rings. The van der Waals surface area contributed by atoms with Crippen LogP contribution in [0.25, 0.3) is 0 Å². The van der Waals surface area contributed by atoms with E-state index in [9.17, 15) is 0 Å². The largest absolute Gasteiger partial charge is 0.374 e. The lowest BCUT2D eigenvalue weighted by molar-refractivity contribution is 0.456. The minimum Gasteiger partial charge on any atom is -0.374 e. The van der Waals surface area contributed by atoms with Crippen molar-refractivity contribution in [1.82, 2.24) is 0 Å². The number of rotatable bonds is 0. The molecule has 1 nitrogen and oxygen atoms in total. The summed E-state index contributed by atoms with van der Waals surface area (Å²) in [4.78, 5) is 2.43. The number of benzene rings is 1. The zero-order valence-corrected chi connectivity index (χ0v) is 12.1. The fraction of sp³-hybridized carbons (Fsp3) is 0.625. The summed E-state index contributed by atoms with van der Waals surface area (Å²) < 4.78 is 0. The molecule has 0 saturated carbocycles. The maximum absolute atomic E-state index is 2.43. The predicted octanol–water partition coefficient (Wildman–Crippen LogP) is 4.10. The lowest BCUT2D eigenvalue weighted by Crippen LogP contribution is -2.36. The summed E-state index contributed by atoms with van der Waals surface area (Å²) in [6, 6.07) is 6.82. The van der Waals surface area contributed by atoms with Crippen LogP contribution in [0.3, 0.4) is 0 Å². The molecule has 1 heterocycles. The van der Waals surface area contributed by atoms with Gasteiger partial charge in [-0.25, -0.2) is 0 Å². The van der Waals surface area contributed by atoms with E-state index in [1.54, 1.807) is 0 Å². The Morgan fingerprint density at radius 1 is 1.18 bits per heavy atom. The highest BCUT2D eigenvalue weighted by molar-refractivity contribution is 5.65. The smallest absolute Gasteiger partial charge is 0.0439 e. The highest BCUT2D eigenvalue weighted by Crippen LogP contribution is 2.44. The molecule has 94 valence electrons. The summed E-state index contributed by atoms with van der Waals surface area (Å²) in [6.07, 6.45) is 1.24. The maximum Gasteiger partial charge on any atom is 0.0439 e. The van der Waals surface area contributed by atoms with Crippen LogP contribution < -0.4 is 4.90 Å². The van der Waals surface area contributed by atoms with E-state index in [1.165, 1.54) is 23.2 Å². The third-order valence-corrected chi connectivity index (χ3v) is 4.03. The molecule has 0 N–H and O–H groups in total. The van der Waals surface area contributed by atoms with E-state index in [1.807, 2.05) is 0 Å². The fourth-order valence-electron chi connectivity index (χ4n) is 2.80. The van der Waals surface area contributed by atoms with Gasteiger partial charge in [-0.1, -0.05) is 52.8 Å². The first kappa shape index (κ1) is 12.5. The van der Waals surface area contributed by atoms with Crippen molar-refractivity contribution in [3.8, 4) is 0 Å². The van der Waals surface area contributed by atoms with E-state index >= 15 is 0 Å². The second-order valence-corrected chi connectivity index (χ2v) is 7.01. The molecule has 1 aliphatic heterocycles. The van der Waals surface area contributed by atoms with Gasteiger partial charge in [0.2, 0.25) is 0 Å². The van der Waals surface area contributed by atoms with Gasteiger partial charge in [0, 0.05) is 19.3 Å². The third-order valence-electron chi connectivity index (χ3n) is 4.03. The molecule has 0 fully saturated rings. The van der Waals surface area contributed by atoms with Crippen LogP contribution in [0.4, 0.5) is 5.69 Å². The molecular formula is C16H25N. The highest BCUT2D eigenvalue weighted by atomic mass is 15.1. The number of hydrogen-bond donors (Lipinski definition) is 0. The molecule has 2 rings (SSSR count). The van der Waals surface area contributed by atoms with Crippen LogP contribution in [-0.4, -0.2) is 13.6 Å². The first-order valence-electron chi connectivity index (χ1n) is 6.58. The van der Waals surface area contributed by atoms with Crippen LogP contribution >= 0.6 is 0 Å². The van der Waals surface area contributed by atoms with E-state index in [-0.39, 0.29) is 5.41 Å². The van der Waals surface area contributed by atoms with Crippen LogP contribution in [0.5, 0.6) is 0 Å². The van der Waals surface area contributed by atoms with Crippen molar-refractivity contribution in [2.75, 3.05) is 18.5 Å². The molecule has 1 aromatic carbocycles. The zero-order valence-electron chi connectivity index (χ0n) is 12.1. The van der Waals surface area contributed by atoms with Gasteiger partial charge in [-0.05, 0) is 28.4 Å². The van der Waals surface area contributed by atoms with Gasteiger partial charge in [-0.2, -0.15) is 0 Å². The average molecular weight is 231 g/mol. The van der Waals surface area contributed by atoms with Gasteiger partial charge in [0.05, 0.1) is 0 Å². The molecule has 0 amide bonds. The first-order valence-corrected chi connectivity index (χ1v) is 6.58. The number of para-hydroxylation sites is 1. The molecule has 0 bridgehead atoms. The van der Waals surface area contributed by atoms with Gasteiger partial charge < -0.3 is 4.90 Å². The summed E-state index contributed by atoms with van der Waals surface area (Å²) >= 11 is 0. The summed E-state index contributed by atoms with van der Waals surface area (Å²) in [6.45, 7) is 12.8. The van der Waals surface area contributed by atoms with Crippen LogP contribution in [-0.2, 0) is 10.8 Å². The molecule has 0 spiro atoms. The SMILES string of the molecule is CN1CCC(C)(C)c2cccc(C(C)(C)C)c21. The topological polar surface area (TPSA) is 3.24 Å². The Kier molecular flexibility index (Phi) is 2.76. The van der Waals surface area contributed by atoms with Crippen molar-refractivity contribution in [2.45, 2.75) is 51.9 Å².